The number of hydrogen-bond acceptors (Lipinski definition) is 6. The molecule has 3 aromatic rings. The topological polar surface area (TPSA) is 63.9 Å². The van der Waals surface area contributed by atoms with Crippen molar-refractivity contribution >= 4 is 46.3 Å². The van der Waals surface area contributed by atoms with Crippen LogP contribution in [0.4, 0.5) is 18.9 Å². The number of carbonyl (C=O) groups excluding carboxylic acids is 1. The van der Waals surface area contributed by atoms with Gasteiger partial charge in [0.2, 0.25) is 5.91 Å². The minimum absolute atomic E-state index is 0.0848. The highest BCUT2D eigenvalue weighted by Gasteiger charge is 2.34. The first-order valence-electron chi connectivity index (χ1n) is 9.28. The number of amides is 1. The van der Waals surface area contributed by atoms with Gasteiger partial charge in [-0.1, -0.05) is 11.6 Å². The molecule has 3 aromatic heterocycles. The molecule has 0 aromatic carbocycles. The van der Waals surface area contributed by atoms with Gasteiger partial charge in [-0.2, -0.15) is 30.0 Å². The number of carbonyl (C=O) groups is 1. The summed E-state index contributed by atoms with van der Waals surface area (Å²) < 4.78 is 40.7. The molecular weight excluding hydrogens is 471 g/mol. The van der Waals surface area contributed by atoms with Crippen molar-refractivity contribution < 1.29 is 18.0 Å². The van der Waals surface area contributed by atoms with Crippen molar-refractivity contribution in [3.8, 4) is 5.69 Å². The van der Waals surface area contributed by atoms with Crippen LogP contribution in [-0.4, -0.2) is 43.6 Å². The first-order chi connectivity index (χ1) is 14.8. The average molecular weight is 490 g/mol. The van der Waals surface area contributed by atoms with Crippen molar-refractivity contribution in [2.24, 2.45) is 0 Å². The van der Waals surface area contributed by atoms with Gasteiger partial charge < -0.3 is 4.90 Å². The molecule has 166 valence electrons. The maximum absolute atomic E-state index is 13.1. The Balaban J connectivity index is 1.75. The van der Waals surface area contributed by atoms with E-state index in [2.05, 4.69) is 15.1 Å². The third-order valence-electron chi connectivity index (χ3n) is 4.28. The maximum Gasteiger partial charge on any atom is 0.390 e. The van der Waals surface area contributed by atoms with Crippen LogP contribution in [0.5, 0.6) is 0 Å². The molecule has 1 amide bonds. The quantitative estimate of drug-likeness (QED) is 0.404. The van der Waals surface area contributed by atoms with E-state index in [9.17, 15) is 18.0 Å². The van der Waals surface area contributed by atoms with Crippen LogP contribution >= 0.6 is 34.7 Å². The van der Waals surface area contributed by atoms with E-state index in [0.717, 1.165) is 11.8 Å². The van der Waals surface area contributed by atoms with Crippen LogP contribution in [0.2, 0.25) is 5.15 Å². The molecule has 1 atom stereocenters. The van der Waals surface area contributed by atoms with Crippen molar-refractivity contribution in [3.63, 3.8) is 0 Å². The monoisotopic (exact) mass is 489 g/mol. The number of anilines is 1. The normalized spacial score (nSPS) is 12.7. The predicted octanol–water partition coefficient (Wildman–Crippen LogP) is 5.37. The summed E-state index contributed by atoms with van der Waals surface area (Å²) in [6.07, 6.45) is -0.951. The Morgan fingerprint density at radius 3 is 2.84 bits per heavy atom. The minimum atomic E-state index is -4.38. The summed E-state index contributed by atoms with van der Waals surface area (Å²) in [6, 6.07) is 3.50. The molecule has 12 heteroatoms. The fourth-order valence-electron chi connectivity index (χ4n) is 2.89. The number of alkyl halides is 3. The van der Waals surface area contributed by atoms with E-state index in [1.54, 1.807) is 48.5 Å². The van der Waals surface area contributed by atoms with E-state index in [1.165, 1.54) is 20.9 Å². The second-order valence-corrected chi connectivity index (χ2v) is 8.90. The summed E-state index contributed by atoms with van der Waals surface area (Å²) in [5, 5.41) is 5.13. The zero-order valence-corrected chi connectivity index (χ0v) is 18.8. The second-order valence-electron chi connectivity index (χ2n) is 6.54. The molecule has 3 heterocycles. The Morgan fingerprint density at radius 1 is 1.42 bits per heavy atom. The highest BCUT2D eigenvalue weighted by molar-refractivity contribution is 7.99. The number of halogens is 4. The molecule has 0 aliphatic heterocycles. The van der Waals surface area contributed by atoms with Gasteiger partial charge in [0.05, 0.1) is 35.7 Å². The van der Waals surface area contributed by atoms with Crippen molar-refractivity contribution in [1.29, 1.82) is 0 Å². The molecule has 0 aliphatic carbocycles. The van der Waals surface area contributed by atoms with E-state index in [4.69, 9.17) is 11.6 Å². The SMILES string of the molecule is CCN(C(=O)CC(CC(F)(F)F)SCc1cscn1)c1cn(-c2cccnc2)nc1Cl. The van der Waals surface area contributed by atoms with Gasteiger partial charge in [-0.15, -0.1) is 11.3 Å². The molecule has 6 nitrogen and oxygen atoms in total. The van der Waals surface area contributed by atoms with Crippen molar-refractivity contribution in [3.05, 3.63) is 52.5 Å². The molecule has 0 radical (unpaired) electrons. The molecule has 0 saturated heterocycles. The van der Waals surface area contributed by atoms with Gasteiger partial charge in [-0.05, 0) is 19.1 Å². The summed E-state index contributed by atoms with van der Waals surface area (Å²) >= 11 is 8.70. The third kappa shape index (κ3) is 6.68. The summed E-state index contributed by atoms with van der Waals surface area (Å²) in [5.41, 5.74) is 3.31. The first kappa shape index (κ1) is 23.6. The van der Waals surface area contributed by atoms with Crippen molar-refractivity contribution in [1.82, 2.24) is 19.7 Å². The number of thioether (sulfide) groups is 1. The molecule has 0 bridgehead atoms. The average Bonchev–Trinajstić information content (AvgIpc) is 3.37. The highest BCUT2D eigenvalue weighted by atomic mass is 35.5. The standard InChI is InChI=1S/C19H19ClF3N5OS2/c1-2-27(16-9-28(26-18(16)20)14-4-3-5-24-8-14)17(29)6-15(7-19(21,22)23)31-11-13-10-30-12-25-13/h3-5,8-10,12,15H,2,6-7,11H2,1H3. The smallest absolute Gasteiger partial charge is 0.308 e. The van der Waals surface area contributed by atoms with Crippen LogP contribution < -0.4 is 4.90 Å². The van der Waals surface area contributed by atoms with E-state index in [0.29, 0.717) is 22.8 Å². The molecule has 0 saturated carbocycles. The molecule has 0 aliphatic rings. The van der Waals surface area contributed by atoms with Crippen LogP contribution in [0.25, 0.3) is 5.69 Å². The fourth-order valence-corrected chi connectivity index (χ4v) is 4.92. The molecule has 0 fully saturated rings. The lowest BCUT2D eigenvalue weighted by atomic mass is 10.2. The summed E-state index contributed by atoms with van der Waals surface area (Å²) in [4.78, 5) is 22.4. The fraction of sp³-hybridized carbons (Fsp3) is 0.368. The molecule has 0 N–H and O–H groups in total. The number of aromatic nitrogens is 4. The van der Waals surface area contributed by atoms with Crippen molar-refractivity contribution in [2.75, 3.05) is 11.4 Å². The summed E-state index contributed by atoms with van der Waals surface area (Å²) in [7, 11) is 0. The van der Waals surface area contributed by atoms with Gasteiger partial charge in [0.1, 0.15) is 5.69 Å². The Hall–Kier alpha value is -2.11. The Kier molecular flexibility index (Phi) is 7.95. The molecule has 0 spiro atoms. The van der Waals surface area contributed by atoms with Crippen LogP contribution in [0.1, 0.15) is 25.5 Å². The molecule has 1 unspecified atom stereocenters. The van der Waals surface area contributed by atoms with Gasteiger partial charge in [0.25, 0.3) is 0 Å². The molecule has 31 heavy (non-hydrogen) atoms. The van der Waals surface area contributed by atoms with Gasteiger partial charge >= 0.3 is 6.18 Å². The minimum Gasteiger partial charge on any atom is -0.308 e. The summed E-state index contributed by atoms with van der Waals surface area (Å²) in [5.74, 6) is -0.140. The van der Waals surface area contributed by atoms with E-state index in [1.807, 2.05) is 0 Å². The lowest BCUT2D eigenvalue weighted by Gasteiger charge is -2.23. The van der Waals surface area contributed by atoms with Crippen LogP contribution in [-0.2, 0) is 10.5 Å². The maximum atomic E-state index is 13.1. The highest BCUT2D eigenvalue weighted by Crippen LogP contribution is 2.33. The largest absolute Gasteiger partial charge is 0.390 e. The van der Waals surface area contributed by atoms with Gasteiger partial charge in [0, 0.05) is 35.5 Å². The lowest BCUT2D eigenvalue weighted by molar-refractivity contribution is -0.135. The van der Waals surface area contributed by atoms with Crippen LogP contribution in [0.15, 0.2) is 41.6 Å². The van der Waals surface area contributed by atoms with E-state index >= 15 is 0 Å². The number of thiazole rings is 1. The van der Waals surface area contributed by atoms with Crippen LogP contribution in [0.3, 0.4) is 0 Å². The van der Waals surface area contributed by atoms with E-state index < -0.39 is 23.8 Å². The molecular formula is C19H19ClF3N5OS2. The van der Waals surface area contributed by atoms with Crippen LogP contribution in [0, 0.1) is 0 Å². The third-order valence-corrected chi connectivity index (χ3v) is 6.45. The Morgan fingerprint density at radius 2 is 2.23 bits per heavy atom. The Bertz CT molecular complexity index is 982. The predicted molar refractivity (Wildman–Crippen MR) is 117 cm³/mol. The second kappa shape index (κ2) is 10.5. The number of hydrogen-bond donors (Lipinski definition) is 0. The number of nitrogens with zero attached hydrogens (tertiary/aromatic N) is 5. The van der Waals surface area contributed by atoms with Gasteiger partial charge in [-0.25, -0.2) is 9.67 Å². The zero-order valence-electron chi connectivity index (χ0n) is 16.4. The number of rotatable bonds is 9. The van der Waals surface area contributed by atoms with E-state index in [-0.39, 0.29) is 18.1 Å². The Labute approximate surface area is 190 Å². The number of pyridine rings is 1. The van der Waals surface area contributed by atoms with Gasteiger partial charge in [0.15, 0.2) is 5.15 Å². The zero-order chi connectivity index (χ0) is 22.4. The summed E-state index contributed by atoms with van der Waals surface area (Å²) in [6.45, 7) is 1.98. The lowest BCUT2D eigenvalue weighted by Crippen LogP contribution is -2.33. The molecule has 3 rings (SSSR count). The first-order valence-corrected chi connectivity index (χ1v) is 11.6. The van der Waals surface area contributed by atoms with Gasteiger partial charge in [-0.3, -0.25) is 9.78 Å². The van der Waals surface area contributed by atoms with Crippen molar-refractivity contribution in [2.45, 2.75) is 36.9 Å².